The van der Waals surface area contributed by atoms with E-state index in [9.17, 15) is 4.79 Å². The zero-order chi connectivity index (χ0) is 22.1. The van der Waals surface area contributed by atoms with Gasteiger partial charge in [-0.15, -0.1) is 0 Å². The summed E-state index contributed by atoms with van der Waals surface area (Å²) in [5.74, 6) is 2.38. The van der Waals surface area contributed by atoms with E-state index in [1.807, 2.05) is 38.1 Å². The number of carbonyl (C=O) groups excluding carboxylic acids is 1. The molecule has 1 heterocycles. The summed E-state index contributed by atoms with van der Waals surface area (Å²) in [7, 11) is 0. The van der Waals surface area contributed by atoms with Crippen LogP contribution >= 0.6 is 0 Å². The number of benzene rings is 2. The molecule has 1 atom stereocenters. The van der Waals surface area contributed by atoms with Crippen LogP contribution in [0.5, 0.6) is 11.5 Å². The Morgan fingerprint density at radius 2 is 1.90 bits per heavy atom. The Morgan fingerprint density at radius 3 is 2.65 bits per heavy atom. The third kappa shape index (κ3) is 6.38. The summed E-state index contributed by atoms with van der Waals surface area (Å²) in [4.78, 5) is 16.8. The van der Waals surface area contributed by atoms with E-state index in [1.54, 1.807) is 12.1 Å². The van der Waals surface area contributed by atoms with E-state index in [1.165, 1.54) is 5.56 Å². The Balaban J connectivity index is 1.58. The Kier molecular flexibility index (Phi) is 8.15. The highest BCUT2D eigenvalue weighted by molar-refractivity contribution is 5.94. The highest BCUT2D eigenvalue weighted by Gasteiger charge is 2.21. The zero-order valence-corrected chi connectivity index (χ0v) is 18.5. The number of fused-ring (bicyclic) bond motifs is 1. The summed E-state index contributed by atoms with van der Waals surface area (Å²) in [5, 5.41) is 9.41. The number of guanidine groups is 1. The fourth-order valence-electron chi connectivity index (χ4n) is 3.45. The van der Waals surface area contributed by atoms with E-state index in [-0.39, 0.29) is 12.0 Å². The molecular weight excluding hydrogens is 392 g/mol. The lowest BCUT2D eigenvalue weighted by atomic mass is 10.1. The maximum Gasteiger partial charge on any atom is 0.251 e. The van der Waals surface area contributed by atoms with Crippen LogP contribution in [0.2, 0.25) is 0 Å². The van der Waals surface area contributed by atoms with Crippen molar-refractivity contribution in [2.45, 2.75) is 39.8 Å². The van der Waals surface area contributed by atoms with Gasteiger partial charge in [-0.2, -0.15) is 0 Å². The first-order valence-electron chi connectivity index (χ1n) is 10.9. The number of rotatable bonds is 9. The molecule has 166 valence electrons. The van der Waals surface area contributed by atoms with Gasteiger partial charge in [-0.3, -0.25) is 4.79 Å². The minimum atomic E-state index is -0.0851. The number of carbonyl (C=O) groups is 1. The van der Waals surface area contributed by atoms with Gasteiger partial charge in [-0.25, -0.2) is 4.99 Å². The van der Waals surface area contributed by atoms with Crippen LogP contribution in [0.25, 0.3) is 0 Å². The number of hydrogen-bond donors (Lipinski definition) is 3. The van der Waals surface area contributed by atoms with Crippen LogP contribution in [-0.4, -0.2) is 44.2 Å². The predicted molar refractivity (Wildman–Crippen MR) is 123 cm³/mol. The SMILES string of the molecule is CCNC(=NCc1cc2c(cc1OCC)CC(C)O2)NCCNC(=O)c1ccccc1. The predicted octanol–water partition coefficient (Wildman–Crippen LogP) is 2.89. The van der Waals surface area contributed by atoms with E-state index < -0.39 is 0 Å². The number of nitrogens with one attached hydrogen (secondary N) is 3. The maximum atomic E-state index is 12.1. The van der Waals surface area contributed by atoms with Gasteiger partial charge in [0.15, 0.2) is 5.96 Å². The molecule has 7 heteroatoms. The molecular formula is C24H32N4O3. The summed E-state index contributed by atoms with van der Waals surface area (Å²) >= 11 is 0. The first kappa shape index (κ1) is 22.5. The Hall–Kier alpha value is -3.22. The second-order valence-electron chi connectivity index (χ2n) is 7.38. The van der Waals surface area contributed by atoms with E-state index in [4.69, 9.17) is 14.5 Å². The van der Waals surface area contributed by atoms with Crippen LogP contribution < -0.4 is 25.4 Å². The standard InChI is InChI=1S/C24H32N4O3/c1-4-25-24(27-12-11-26-23(29)18-9-7-6-8-10-18)28-16-20-15-22-19(13-17(3)31-22)14-21(20)30-5-2/h6-10,14-15,17H,4-5,11-13,16H2,1-3H3,(H,26,29)(H2,25,27,28). The summed E-state index contributed by atoms with van der Waals surface area (Å²) in [6.07, 6.45) is 1.09. The minimum absolute atomic E-state index is 0.0851. The lowest BCUT2D eigenvalue weighted by Crippen LogP contribution is -2.41. The first-order valence-corrected chi connectivity index (χ1v) is 10.9. The van der Waals surface area contributed by atoms with Crippen LogP contribution in [-0.2, 0) is 13.0 Å². The highest BCUT2D eigenvalue weighted by atomic mass is 16.5. The summed E-state index contributed by atoms with van der Waals surface area (Å²) in [6, 6.07) is 13.3. The van der Waals surface area contributed by atoms with Crippen molar-refractivity contribution in [2.24, 2.45) is 4.99 Å². The third-order valence-electron chi connectivity index (χ3n) is 4.87. The van der Waals surface area contributed by atoms with Gasteiger partial charge in [0, 0.05) is 42.7 Å². The van der Waals surface area contributed by atoms with Crippen molar-refractivity contribution >= 4 is 11.9 Å². The summed E-state index contributed by atoms with van der Waals surface area (Å²) in [5.41, 5.74) is 2.83. The van der Waals surface area contributed by atoms with Crippen LogP contribution in [0.4, 0.5) is 0 Å². The molecule has 2 aromatic carbocycles. The molecule has 1 aliphatic rings. The van der Waals surface area contributed by atoms with Crippen LogP contribution in [0.3, 0.4) is 0 Å². The number of nitrogens with zero attached hydrogens (tertiary/aromatic N) is 1. The van der Waals surface area contributed by atoms with Gasteiger partial charge < -0.3 is 25.4 Å². The molecule has 1 unspecified atom stereocenters. The lowest BCUT2D eigenvalue weighted by molar-refractivity contribution is 0.0954. The number of hydrogen-bond acceptors (Lipinski definition) is 4. The fraction of sp³-hybridized carbons (Fsp3) is 0.417. The fourth-order valence-corrected chi connectivity index (χ4v) is 3.45. The van der Waals surface area contributed by atoms with Gasteiger partial charge in [-0.1, -0.05) is 18.2 Å². The average molecular weight is 425 g/mol. The van der Waals surface area contributed by atoms with Crippen molar-refractivity contribution in [3.8, 4) is 11.5 Å². The lowest BCUT2D eigenvalue weighted by Gasteiger charge is -2.14. The van der Waals surface area contributed by atoms with Gasteiger partial charge in [-0.05, 0) is 45.0 Å². The molecule has 0 spiro atoms. The number of amides is 1. The van der Waals surface area contributed by atoms with E-state index in [0.717, 1.165) is 30.0 Å². The van der Waals surface area contributed by atoms with E-state index >= 15 is 0 Å². The zero-order valence-electron chi connectivity index (χ0n) is 18.5. The molecule has 7 nitrogen and oxygen atoms in total. The Bertz CT molecular complexity index is 899. The smallest absolute Gasteiger partial charge is 0.251 e. The van der Waals surface area contributed by atoms with E-state index in [0.29, 0.717) is 37.8 Å². The minimum Gasteiger partial charge on any atom is -0.494 e. The van der Waals surface area contributed by atoms with Gasteiger partial charge in [0.05, 0.1) is 13.2 Å². The van der Waals surface area contributed by atoms with Gasteiger partial charge in [0.25, 0.3) is 5.91 Å². The summed E-state index contributed by atoms with van der Waals surface area (Å²) in [6.45, 7) is 8.94. The van der Waals surface area contributed by atoms with Crippen molar-refractivity contribution in [1.29, 1.82) is 0 Å². The van der Waals surface area contributed by atoms with Crippen LogP contribution in [0, 0.1) is 0 Å². The molecule has 1 aliphatic heterocycles. The number of aliphatic imine (C=N–C) groups is 1. The second-order valence-corrected chi connectivity index (χ2v) is 7.38. The molecule has 3 rings (SSSR count). The molecule has 0 fully saturated rings. The number of ether oxygens (including phenoxy) is 2. The largest absolute Gasteiger partial charge is 0.494 e. The van der Waals surface area contributed by atoms with Gasteiger partial charge in [0.2, 0.25) is 0 Å². The molecule has 0 bridgehead atoms. The maximum absolute atomic E-state index is 12.1. The monoisotopic (exact) mass is 424 g/mol. The Morgan fingerprint density at radius 1 is 1.13 bits per heavy atom. The van der Waals surface area contributed by atoms with Crippen molar-refractivity contribution in [2.75, 3.05) is 26.2 Å². The van der Waals surface area contributed by atoms with Crippen molar-refractivity contribution in [3.63, 3.8) is 0 Å². The first-order chi connectivity index (χ1) is 15.1. The Labute approximate surface area is 184 Å². The molecule has 31 heavy (non-hydrogen) atoms. The summed E-state index contributed by atoms with van der Waals surface area (Å²) < 4.78 is 11.7. The topological polar surface area (TPSA) is 84.0 Å². The molecule has 0 radical (unpaired) electrons. The van der Waals surface area contributed by atoms with Crippen molar-refractivity contribution < 1.29 is 14.3 Å². The second kappa shape index (κ2) is 11.2. The van der Waals surface area contributed by atoms with Crippen molar-refractivity contribution in [3.05, 3.63) is 59.2 Å². The molecule has 0 saturated heterocycles. The van der Waals surface area contributed by atoms with Crippen LogP contribution in [0.15, 0.2) is 47.5 Å². The third-order valence-corrected chi connectivity index (χ3v) is 4.87. The van der Waals surface area contributed by atoms with Gasteiger partial charge in [0.1, 0.15) is 17.6 Å². The molecule has 0 aliphatic carbocycles. The average Bonchev–Trinajstić information content (AvgIpc) is 3.14. The molecule has 1 amide bonds. The highest BCUT2D eigenvalue weighted by Crippen LogP contribution is 2.35. The molecule has 0 saturated carbocycles. The van der Waals surface area contributed by atoms with E-state index in [2.05, 4.69) is 28.9 Å². The molecule has 2 aromatic rings. The van der Waals surface area contributed by atoms with Crippen LogP contribution in [0.1, 0.15) is 42.3 Å². The van der Waals surface area contributed by atoms with Crippen molar-refractivity contribution in [1.82, 2.24) is 16.0 Å². The molecule has 3 N–H and O–H groups in total. The van der Waals surface area contributed by atoms with Gasteiger partial charge >= 0.3 is 0 Å². The quantitative estimate of drug-likeness (QED) is 0.328. The molecule has 0 aromatic heterocycles. The normalized spacial score (nSPS) is 15.1.